The van der Waals surface area contributed by atoms with Gasteiger partial charge in [0.25, 0.3) is 0 Å². The van der Waals surface area contributed by atoms with Crippen molar-refractivity contribution in [3.05, 3.63) is 0 Å². The van der Waals surface area contributed by atoms with Crippen molar-refractivity contribution in [3.63, 3.8) is 0 Å². The third kappa shape index (κ3) is 9.21. The van der Waals surface area contributed by atoms with E-state index in [4.69, 9.17) is 0 Å². The zero-order chi connectivity index (χ0) is 11.7. The molecule has 0 atom stereocenters. The molecule has 0 saturated heterocycles. The molecule has 0 spiro atoms. The zero-order valence-corrected chi connectivity index (χ0v) is 9.63. The van der Waals surface area contributed by atoms with E-state index >= 15 is 0 Å². The van der Waals surface area contributed by atoms with Crippen LogP contribution < -0.4 is 10.6 Å². The van der Waals surface area contributed by atoms with Gasteiger partial charge in [0.2, 0.25) is 5.91 Å². The first-order chi connectivity index (χ1) is 7.06. The maximum absolute atomic E-state index is 11.2. The quantitative estimate of drug-likeness (QED) is 0.466. The van der Waals surface area contributed by atoms with Crippen molar-refractivity contribution in [1.29, 1.82) is 0 Å². The van der Waals surface area contributed by atoms with Crippen molar-refractivity contribution in [2.75, 3.05) is 20.2 Å². The number of ether oxygens (including phenoxy) is 1. The summed E-state index contributed by atoms with van der Waals surface area (Å²) >= 11 is 0. The molecule has 0 radical (unpaired) electrons. The van der Waals surface area contributed by atoms with Crippen LogP contribution in [0.5, 0.6) is 0 Å². The lowest BCUT2D eigenvalue weighted by atomic mass is 10.3. The van der Waals surface area contributed by atoms with Crippen LogP contribution >= 0.6 is 0 Å². The molecular formula is C10H20N2O3. The molecule has 0 unspecified atom stereocenters. The monoisotopic (exact) mass is 216 g/mol. The minimum absolute atomic E-state index is 0.0476. The average molecular weight is 216 g/mol. The second kappa shape index (κ2) is 8.23. The van der Waals surface area contributed by atoms with E-state index in [1.807, 2.05) is 13.8 Å². The summed E-state index contributed by atoms with van der Waals surface area (Å²) in [4.78, 5) is 21.9. The Morgan fingerprint density at radius 1 is 1.33 bits per heavy atom. The van der Waals surface area contributed by atoms with Gasteiger partial charge in [-0.05, 0) is 6.42 Å². The largest absolute Gasteiger partial charge is 0.469 e. The number of esters is 1. The molecule has 2 N–H and O–H groups in total. The van der Waals surface area contributed by atoms with Crippen molar-refractivity contribution >= 4 is 11.9 Å². The fraction of sp³-hybridized carbons (Fsp3) is 0.800. The lowest BCUT2D eigenvalue weighted by molar-refractivity contribution is -0.140. The Balaban J connectivity index is 3.35. The van der Waals surface area contributed by atoms with E-state index in [2.05, 4.69) is 15.4 Å². The summed E-state index contributed by atoms with van der Waals surface area (Å²) in [6, 6.07) is 0.297. The molecule has 0 aromatic carbocycles. The van der Waals surface area contributed by atoms with Crippen LogP contribution in [0.15, 0.2) is 0 Å². The Morgan fingerprint density at radius 3 is 2.53 bits per heavy atom. The van der Waals surface area contributed by atoms with E-state index in [1.54, 1.807) is 0 Å². The van der Waals surface area contributed by atoms with E-state index < -0.39 is 0 Å². The van der Waals surface area contributed by atoms with Gasteiger partial charge in [0.1, 0.15) is 0 Å². The Labute approximate surface area is 90.6 Å². The SMILES string of the molecule is COC(=O)CCCNC(=O)CNC(C)C. The molecule has 1 amide bonds. The zero-order valence-electron chi connectivity index (χ0n) is 9.63. The summed E-state index contributed by atoms with van der Waals surface area (Å²) in [5, 5.41) is 5.71. The topological polar surface area (TPSA) is 67.4 Å². The van der Waals surface area contributed by atoms with Gasteiger partial charge in [-0.3, -0.25) is 9.59 Å². The molecule has 0 aliphatic heterocycles. The van der Waals surface area contributed by atoms with Gasteiger partial charge in [0.05, 0.1) is 13.7 Å². The van der Waals surface area contributed by atoms with E-state index in [0.29, 0.717) is 32.0 Å². The molecule has 0 heterocycles. The normalized spacial score (nSPS) is 10.1. The fourth-order valence-electron chi connectivity index (χ4n) is 0.922. The van der Waals surface area contributed by atoms with E-state index in [9.17, 15) is 9.59 Å². The van der Waals surface area contributed by atoms with Gasteiger partial charge in [0, 0.05) is 19.0 Å². The minimum atomic E-state index is -0.246. The number of hydrogen-bond donors (Lipinski definition) is 2. The van der Waals surface area contributed by atoms with Crippen LogP contribution in [0.3, 0.4) is 0 Å². The molecular weight excluding hydrogens is 196 g/mol. The van der Waals surface area contributed by atoms with Gasteiger partial charge >= 0.3 is 5.97 Å². The first-order valence-corrected chi connectivity index (χ1v) is 5.13. The van der Waals surface area contributed by atoms with Crippen LogP contribution in [0.2, 0.25) is 0 Å². The third-order valence-electron chi connectivity index (χ3n) is 1.78. The van der Waals surface area contributed by atoms with Gasteiger partial charge in [-0.1, -0.05) is 13.8 Å². The number of amides is 1. The van der Waals surface area contributed by atoms with Gasteiger partial charge in [0.15, 0.2) is 0 Å². The first kappa shape index (κ1) is 13.9. The Bertz CT molecular complexity index is 205. The first-order valence-electron chi connectivity index (χ1n) is 5.13. The van der Waals surface area contributed by atoms with Crippen LogP contribution in [0, 0.1) is 0 Å². The van der Waals surface area contributed by atoms with Crippen LogP contribution in [-0.4, -0.2) is 38.1 Å². The van der Waals surface area contributed by atoms with Gasteiger partial charge in [-0.15, -0.1) is 0 Å². The summed E-state index contributed by atoms with van der Waals surface area (Å²) in [5.41, 5.74) is 0. The van der Waals surface area contributed by atoms with Crippen LogP contribution in [0.1, 0.15) is 26.7 Å². The summed E-state index contributed by atoms with van der Waals surface area (Å²) in [7, 11) is 1.35. The number of carbonyl (C=O) groups is 2. The minimum Gasteiger partial charge on any atom is -0.469 e. The highest BCUT2D eigenvalue weighted by atomic mass is 16.5. The molecule has 88 valence electrons. The standard InChI is InChI=1S/C10H20N2O3/c1-8(2)12-7-9(13)11-6-4-5-10(14)15-3/h8,12H,4-7H2,1-3H3,(H,11,13). The lowest BCUT2D eigenvalue weighted by Gasteiger charge is -2.08. The maximum atomic E-state index is 11.2. The molecule has 15 heavy (non-hydrogen) atoms. The predicted octanol–water partition coefficient (Wildman–Crippen LogP) is 0.0538. The maximum Gasteiger partial charge on any atom is 0.305 e. The summed E-state index contributed by atoms with van der Waals surface area (Å²) < 4.78 is 4.47. The molecule has 5 heteroatoms. The van der Waals surface area contributed by atoms with E-state index in [0.717, 1.165) is 0 Å². The summed E-state index contributed by atoms with van der Waals surface area (Å²) in [6.45, 7) is 4.78. The molecule has 0 aromatic rings. The average Bonchev–Trinajstić information content (AvgIpc) is 2.21. The highest BCUT2D eigenvalue weighted by Crippen LogP contribution is 1.89. The van der Waals surface area contributed by atoms with Crippen LogP contribution in [0.4, 0.5) is 0 Å². The van der Waals surface area contributed by atoms with E-state index in [1.165, 1.54) is 7.11 Å². The number of carbonyl (C=O) groups excluding carboxylic acids is 2. The van der Waals surface area contributed by atoms with Crippen molar-refractivity contribution < 1.29 is 14.3 Å². The Kier molecular flexibility index (Phi) is 7.62. The number of nitrogens with one attached hydrogen (secondary N) is 2. The summed E-state index contributed by atoms with van der Waals surface area (Å²) in [5.74, 6) is -0.293. The smallest absolute Gasteiger partial charge is 0.305 e. The van der Waals surface area contributed by atoms with Gasteiger partial charge in [-0.2, -0.15) is 0 Å². The second-order valence-electron chi connectivity index (χ2n) is 3.57. The molecule has 0 fully saturated rings. The van der Waals surface area contributed by atoms with Crippen molar-refractivity contribution in [2.45, 2.75) is 32.7 Å². The highest BCUT2D eigenvalue weighted by Gasteiger charge is 2.03. The molecule has 0 saturated carbocycles. The molecule has 0 bridgehead atoms. The van der Waals surface area contributed by atoms with Gasteiger partial charge < -0.3 is 15.4 Å². The van der Waals surface area contributed by atoms with Crippen molar-refractivity contribution in [1.82, 2.24) is 10.6 Å². The van der Waals surface area contributed by atoms with Crippen LogP contribution in [0.25, 0.3) is 0 Å². The van der Waals surface area contributed by atoms with Crippen molar-refractivity contribution in [2.24, 2.45) is 0 Å². The Morgan fingerprint density at radius 2 is 2.00 bits per heavy atom. The second-order valence-corrected chi connectivity index (χ2v) is 3.57. The Hall–Kier alpha value is -1.10. The van der Waals surface area contributed by atoms with E-state index in [-0.39, 0.29) is 11.9 Å². The van der Waals surface area contributed by atoms with Gasteiger partial charge in [-0.25, -0.2) is 0 Å². The predicted molar refractivity (Wildman–Crippen MR) is 57.4 cm³/mol. The lowest BCUT2D eigenvalue weighted by Crippen LogP contribution is -2.37. The molecule has 5 nitrogen and oxygen atoms in total. The molecule has 0 aromatic heterocycles. The molecule has 0 aliphatic rings. The number of rotatable bonds is 7. The highest BCUT2D eigenvalue weighted by molar-refractivity contribution is 5.78. The molecule has 0 aliphatic carbocycles. The van der Waals surface area contributed by atoms with Crippen LogP contribution in [-0.2, 0) is 14.3 Å². The third-order valence-corrected chi connectivity index (χ3v) is 1.78. The number of hydrogen-bond acceptors (Lipinski definition) is 4. The number of methoxy groups -OCH3 is 1. The molecule has 0 rings (SSSR count). The fourth-order valence-corrected chi connectivity index (χ4v) is 0.922. The van der Waals surface area contributed by atoms with Crippen molar-refractivity contribution in [3.8, 4) is 0 Å². The summed E-state index contributed by atoms with van der Waals surface area (Å²) in [6.07, 6.45) is 0.953.